The van der Waals surface area contributed by atoms with Crippen molar-refractivity contribution >= 4 is 23.8 Å². The number of aryl methyl sites for hydroxylation is 1. The van der Waals surface area contributed by atoms with E-state index in [9.17, 15) is 13.6 Å². The van der Waals surface area contributed by atoms with Crippen molar-refractivity contribution in [3.05, 3.63) is 78.3 Å². The molecule has 1 aromatic carbocycles. The van der Waals surface area contributed by atoms with Gasteiger partial charge in [-0.15, -0.1) is 12.4 Å². The van der Waals surface area contributed by atoms with Gasteiger partial charge in [-0.2, -0.15) is 15.3 Å². The van der Waals surface area contributed by atoms with Gasteiger partial charge in [0.15, 0.2) is 0 Å². The summed E-state index contributed by atoms with van der Waals surface area (Å²) in [6.45, 7) is 5.86. The molecule has 4 heterocycles. The molecule has 4 aromatic heterocycles. The van der Waals surface area contributed by atoms with Crippen molar-refractivity contribution in [1.29, 1.82) is 0 Å². The predicted octanol–water partition coefficient (Wildman–Crippen LogP) is 5.04. The fraction of sp³-hybridized carbons (Fsp3) is 0.269. The molecule has 9 nitrogen and oxygen atoms in total. The lowest BCUT2D eigenvalue weighted by Crippen LogP contribution is -2.24. The minimum atomic E-state index is -2.73. The van der Waals surface area contributed by atoms with Crippen molar-refractivity contribution in [3.8, 4) is 22.4 Å². The summed E-state index contributed by atoms with van der Waals surface area (Å²) in [4.78, 5) is 17.0. The van der Waals surface area contributed by atoms with Gasteiger partial charge < -0.3 is 5.32 Å². The normalized spacial score (nSPS) is 11.7. The fourth-order valence-corrected chi connectivity index (χ4v) is 4.07. The summed E-state index contributed by atoms with van der Waals surface area (Å²) in [5.74, 6) is -0.381. The van der Waals surface area contributed by atoms with Crippen molar-refractivity contribution in [2.45, 2.75) is 39.3 Å². The number of nitrogens with one attached hydrogen (secondary N) is 1. The quantitative estimate of drug-likeness (QED) is 0.326. The number of benzene rings is 1. The molecule has 0 aliphatic rings. The first-order valence-corrected chi connectivity index (χ1v) is 11.7. The maximum Gasteiger partial charge on any atom is 0.264 e. The Hall–Kier alpha value is -4.12. The minimum Gasteiger partial charge on any atom is -0.348 e. The molecule has 12 heteroatoms. The Morgan fingerprint density at radius 3 is 2.45 bits per heavy atom. The van der Waals surface area contributed by atoms with Crippen LogP contribution >= 0.6 is 12.4 Å². The first kappa shape index (κ1) is 26.9. The van der Waals surface area contributed by atoms with Gasteiger partial charge in [-0.3, -0.25) is 14.2 Å². The number of carbonyl (C=O) groups is 1. The average molecular weight is 541 g/mol. The molecule has 38 heavy (non-hydrogen) atoms. The van der Waals surface area contributed by atoms with Gasteiger partial charge in [0.05, 0.1) is 34.7 Å². The van der Waals surface area contributed by atoms with E-state index in [1.54, 1.807) is 38.4 Å². The number of alkyl halides is 2. The zero-order chi connectivity index (χ0) is 26.3. The lowest BCUT2D eigenvalue weighted by Gasteiger charge is -2.18. The first-order valence-electron chi connectivity index (χ1n) is 11.7. The molecular weight excluding hydrogens is 514 g/mol. The largest absolute Gasteiger partial charge is 0.348 e. The molecule has 5 rings (SSSR count). The second kappa shape index (κ2) is 10.3. The lowest BCUT2D eigenvalue weighted by molar-refractivity contribution is 0.0949. The summed E-state index contributed by atoms with van der Waals surface area (Å²) in [7, 11) is 1.83. The van der Waals surface area contributed by atoms with Crippen molar-refractivity contribution in [2.24, 2.45) is 7.05 Å². The van der Waals surface area contributed by atoms with E-state index < -0.39 is 6.43 Å². The predicted molar refractivity (Wildman–Crippen MR) is 141 cm³/mol. The zero-order valence-electron chi connectivity index (χ0n) is 21.3. The molecule has 0 atom stereocenters. The van der Waals surface area contributed by atoms with E-state index in [2.05, 4.69) is 25.6 Å². The van der Waals surface area contributed by atoms with E-state index in [4.69, 9.17) is 0 Å². The number of halogens is 3. The van der Waals surface area contributed by atoms with Gasteiger partial charge in [0.25, 0.3) is 12.3 Å². The third-order valence-corrected chi connectivity index (χ3v) is 6.07. The minimum absolute atomic E-state index is 0. The van der Waals surface area contributed by atoms with E-state index in [1.165, 1.54) is 18.6 Å². The number of fused-ring (bicyclic) bond motifs is 1. The molecule has 5 aromatic rings. The highest BCUT2D eigenvalue weighted by atomic mass is 35.5. The lowest BCUT2D eigenvalue weighted by atomic mass is 10.0. The number of carbonyl (C=O) groups excluding carboxylic acids is 1. The van der Waals surface area contributed by atoms with Crippen LogP contribution in [0.2, 0.25) is 0 Å². The van der Waals surface area contributed by atoms with Crippen LogP contribution in [0.4, 0.5) is 8.78 Å². The summed E-state index contributed by atoms with van der Waals surface area (Å²) in [6.07, 6.45) is 7.24. The molecule has 0 aliphatic heterocycles. The summed E-state index contributed by atoms with van der Waals surface area (Å²) in [5, 5.41) is 15.4. The number of hydrogen-bond donors (Lipinski definition) is 1. The maximum atomic E-state index is 14.1. The van der Waals surface area contributed by atoms with Gasteiger partial charge in [0.1, 0.15) is 6.33 Å². The molecule has 0 aliphatic carbocycles. The Morgan fingerprint density at radius 2 is 1.79 bits per heavy atom. The van der Waals surface area contributed by atoms with Crippen LogP contribution in [0.25, 0.3) is 27.9 Å². The number of aromatic nitrogens is 7. The summed E-state index contributed by atoms with van der Waals surface area (Å²) < 4.78 is 33.2. The van der Waals surface area contributed by atoms with Crippen molar-refractivity contribution in [1.82, 2.24) is 39.5 Å². The summed E-state index contributed by atoms with van der Waals surface area (Å²) in [6, 6.07) is 6.65. The highest BCUT2D eigenvalue weighted by Crippen LogP contribution is 2.32. The molecular formula is C26H27ClF2N8O. The highest BCUT2D eigenvalue weighted by Gasteiger charge is 2.20. The van der Waals surface area contributed by atoms with Crippen LogP contribution in [0.15, 0.2) is 61.6 Å². The molecule has 0 saturated carbocycles. The molecule has 0 spiro atoms. The van der Waals surface area contributed by atoms with Crippen LogP contribution in [-0.4, -0.2) is 40.1 Å². The van der Waals surface area contributed by atoms with Crippen LogP contribution < -0.4 is 5.32 Å². The molecule has 1 N–H and O–H groups in total. The Labute approximate surface area is 223 Å². The van der Waals surface area contributed by atoms with Gasteiger partial charge in [0.2, 0.25) is 0 Å². The zero-order valence-corrected chi connectivity index (χ0v) is 22.1. The third kappa shape index (κ3) is 5.28. The van der Waals surface area contributed by atoms with E-state index in [0.717, 1.165) is 11.1 Å². The van der Waals surface area contributed by atoms with Crippen LogP contribution in [0.1, 0.15) is 48.7 Å². The molecule has 1 amide bonds. The van der Waals surface area contributed by atoms with Gasteiger partial charge >= 0.3 is 0 Å². The van der Waals surface area contributed by atoms with Gasteiger partial charge in [0, 0.05) is 54.4 Å². The third-order valence-electron chi connectivity index (χ3n) is 6.07. The van der Waals surface area contributed by atoms with Crippen LogP contribution in [0.3, 0.4) is 0 Å². The summed E-state index contributed by atoms with van der Waals surface area (Å²) in [5.41, 5.74) is 3.78. The first-order chi connectivity index (χ1) is 17.6. The Balaban J connectivity index is 0.00000336. The monoisotopic (exact) mass is 540 g/mol. The van der Waals surface area contributed by atoms with Gasteiger partial charge in [-0.05, 0) is 38.5 Å². The maximum absolute atomic E-state index is 14.1. The van der Waals surface area contributed by atoms with E-state index in [0.29, 0.717) is 27.9 Å². The second-order valence-corrected chi connectivity index (χ2v) is 9.81. The second-order valence-electron chi connectivity index (χ2n) is 9.81. The highest BCUT2D eigenvalue weighted by molar-refractivity contribution is 5.93. The van der Waals surface area contributed by atoms with Crippen LogP contribution in [-0.2, 0) is 19.1 Å². The van der Waals surface area contributed by atoms with Gasteiger partial charge in [-0.25, -0.2) is 18.3 Å². The smallest absolute Gasteiger partial charge is 0.264 e. The van der Waals surface area contributed by atoms with E-state index in [-0.39, 0.29) is 36.0 Å². The SMILES string of the molecule is Cl.Cn1cc(-c2cc3c(-c4ccc(CNC(=O)c5cnn(C(C)(C)C)c5)c(C(F)F)c4)ncnn3c2)cn1. The standard InChI is InChI=1S/C26H26F2N8O.ClH/c1-26(2,3)36-14-20(11-32-36)25(37)29-9-17-6-5-16(7-21(17)24(27)28)23-22-8-18(13-35(22)33-15-30-23)19-10-31-34(4)12-19;/h5-8,10-15,24H,9H2,1-4H3,(H,29,37);1H. The Kier molecular flexibility index (Phi) is 7.32. The fourth-order valence-electron chi connectivity index (χ4n) is 4.07. The van der Waals surface area contributed by atoms with Crippen molar-refractivity contribution in [3.63, 3.8) is 0 Å². The molecule has 0 radical (unpaired) electrons. The molecule has 0 unspecified atom stereocenters. The molecule has 0 fully saturated rings. The van der Waals surface area contributed by atoms with Crippen molar-refractivity contribution < 1.29 is 13.6 Å². The molecule has 198 valence electrons. The number of hydrogen-bond acceptors (Lipinski definition) is 5. The van der Waals surface area contributed by atoms with Crippen molar-refractivity contribution in [2.75, 3.05) is 0 Å². The Morgan fingerprint density at radius 1 is 1.00 bits per heavy atom. The van der Waals surface area contributed by atoms with E-state index in [1.807, 2.05) is 46.3 Å². The Bertz CT molecular complexity index is 1600. The molecule has 0 bridgehead atoms. The van der Waals surface area contributed by atoms with E-state index >= 15 is 0 Å². The number of rotatable bonds is 6. The van der Waals surface area contributed by atoms with Crippen LogP contribution in [0.5, 0.6) is 0 Å². The number of nitrogens with zero attached hydrogens (tertiary/aromatic N) is 7. The average Bonchev–Trinajstić information content (AvgIpc) is 3.60. The molecule has 0 saturated heterocycles. The number of amides is 1. The van der Waals surface area contributed by atoms with Crippen LogP contribution in [0, 0.1) is 0 Å². The topological polar surface area (TPSA) is 94.9 Å². The summed E-state index contributed by atoms with van der Waals surface area (Å²) >= 11 is 0. The van der Waals surface area contributed by atoms with Gasteiger partial charge in [-0.1, -0.05) is 12.1 Å².